The minimum atomic E-state index is 0.381. The Bertz CT molecular complexity index is 533. The second kappa shape index (κ2) is 6.85. The third-order valence-electron chi connectivity index (χ3n) is 3.14. The topological polar surface area (TPSA) is 29.9 Å². The molecule has 1 atom stereocenters. The standard InChI is InChI=1S/C14H20IN3S/c1-4-16-13(11-7-14(15)19-9-11)8-12-6-10(3)17-18(12)5-2/h6-7,9,13,16H,4-5,8H2,1-3H3. The molecule has 0 fully saturated rings. The first-order chi connectivity index (χ1) is 9.13. The molecule has 0 aliphatic carbocycles. The highest BCUT2D eigenvalue weighted by molar-refractivity contribution is 14.1. The molecule has 0 bridgehead atoms. The van der Waals surface area contributed by atoms with Gasteiger partial charge in [-0.15, -0.1) is 11.3 Å². The number of halogens is 1. The van der Waals surface area contributed by atoms with Crippen LogP contribution in [0.25, 0.3) is 0 Å². The molecular formula is C14H20IN3S. The summed E-state index contributed by atoms with van der Waals surface area (Å²) in [6, 6.07) is 4.86. The largest absolute Gasteiger partial charge is 0.310 e. The lowest BCUT2D eigenvalue weighted by molar-refractivity contribution is 0.517. The van der Waals surface area contributed by atoms with Gasteiger partial charge in [-0.3, -0.25) is 4.68 Å². The lowest BCUT2D eigenvalue weighted by atomic mass is 10.0. The van der Waals surface area contributed by atoms with Crippen molar-refractivity contribution in [3.05, 3.63) is 37.3 Å². The van der Waals surface area contributed by atoms with E-state index < -0.39 is 0 Å². The number of thiophene rings is 1. The van der Waals surface area contributed by atoms with E-state index in [-0.39, 0.29) is 0 Å². The van der Waals surface area contributed by atoms with Gasteiger partial charge in [0.25, 0.3) is 0 Å². The monoisotopic (exact) mass is 389 g/mol. The summed E-state index contributed by atoms with van der Waals surface area (Å²) >= 11 is 4.19. The van der Waals surface area contributed by atoms with E-state index in [1.807, 2.05) is 11.3 Å². The first-order valence-electron chi connectivity index (χ1n) is 6.64. The van der Waals surface area contributed by atoms with Crippen molar-refractivity contribution < 1.29 is 0 Å². The van der Waals surface area contributed by atoms with Crippen molar-refractivity contribution in [2.45, 2.75) is 39.8 Å². The highest BCUT2D eigenvalue weighted by atomic mass is 127. The average molecular weight is 389 g/mol. The molecular weight excluding hydrogens is 369 g/mol. The number of aromatic nitrogens is 2. The van der Waals surface area contributed by atoms with Gasteiger partial charge in [0.2, 0.25) is 0 Å². The van der Waals surface area contributed by atoms with Crippen LogP contribution in [0.4, 0.5) is 0 Å². The van der Waals surface area contributed by atoms with Gasteiger partial charge in [-0.25, -0.2) is 0 Å². The second-order valence-electron chi connectivity index (χ2n) is 4.59. The summed E-state index contributed by atoms with van der Waals surface area (Å²) in [5.74, 6) is 0. The molecule has 0 amide bonds. The van der Waals surface area contributed by atoms with Gasteiger partial charge < -0.3 is 5.32 Å². The molecule has 5 heteroatoms. The minimum Gasteiger partial charge on any atom is -0.310 e. The van der Waals surface area contributed by atoms with Gasteiger partial charge in [-0.05, 0) is 66.1 Å². The lowest BCUT2D eigenvalue weighted by Gasteiger charge is -2.17. The molecule has 2 aromatic heterocycles. The van der Waals surface area contributed by atoms with Crippen LogP contribution in [0.2, 0.25) is 0 Å². The highest BCUT2D eigenvalue weighted by Crippen LogP contribution is 2.25. The molecule has 1 N–H and O–H groups in total. The number of nitrogens with zero attached hydrogens (tertiary/aromatic N) is 2. The van der Waals surface area contributed by atoms with E-state index in [2.05, 4.69) is 76.0 Å². The molecule has 0 aromatic carbocycles. The zero-order valence-electron chi connectivity index (χ0n) is 11.6. The first kappa shape index (κ1) is 15.0. The predicted octanol–water partition coefficient (Wildman–Crippen LogP) is 3.77. The van der Waals surface area contributed by atoms with E-state index in [1.54, 1.807) is 0 Å². The van der Waals surface area contributed by atoms with Crippen LogP contribution in [0.5, 0.6) is 0 Å². The molecule has 0 aliphatic rings. The molecule has 104 valence electrons. The van der Waals surface area contributed by atoms with Crippen LogP contribution in [0.15, 0.2) is 17.5 Å². The van der Waals surface area contributed by atoms with Gasteiger partial charge in [0, 0.05) is 24.7 Å². The summed E-state index contributed by atoms with van der Waals surface area (Å²) in [4.78, 5) is 0. The third kappa shape index (κ3) is 3.79. The number of nitrogens with one attached hydrogen (secondary N) is 1. The van der Waals surface area contributed by atoms with Crippen LogP contribution in [-0.2, 0) is 13.0 Å². The maximum absolute atomic E-state index is 4.53. The van der Waals surface area contributed by atoms with Crippen LogP contribution in [0, 0.1) is 9.81 Å². The van der Waals surface area contributed by atoms with Crippen molar-refractivity contribution in [1.29, 1.82) is 0 Å². The van der Waals surface area contributed by atoms with E-state index in [9.17, 15) is 0 Å². The fraction of sp³-hybridized carbons (Fsp3) is 0.500. The maximum atomic E-state index is 4.53. The van der Waals surface area contributed by atoms with Crippen LogP contribution in [0.1, 0.15) is 36.8 Å². The Kier molecular flexibility index (Phi) is 5.41. The predicted molar refractivity (Wildman–Crippen MR) is 89.8 cm³/mol. The number of likely N-dealkylation sites (N-methyl/N-ethyl adjacent to an activating group) is 1. The molecule has 3 nitrogen and oxygen atoms in total. The maximum Gasteiger partial charge on any atom is 0.0656 e. The Hall–Kier alpha value is -0.400. The van der Waals surface area contributed by atoms with Gasteiger partial charge in [0.05, 0.1) is 8.58 Å². The highest BCUT2D eigenvalue weighted by Gasteiger charge is 2.15. The molecule has 2 rings (SSSR count). The van der Waals surface area contributed by atoms with E-state index in [0.29, 0.717) is 6.04 Å². The number of hydrogen-bond acceptors (Lipinski definition) is 3. The van der Waals surface area contributed by atoms with Crippen LogP contribution in [0.3, 0.4) is 0 Å². The van der Waals surface area contributed by atoms with Crippen molar-refractivity contribution in [3.8, 4) is 0 Å². The smallest absolute Gasteiger partial charge is 0.0656 e. The Morgan fingerprint density at radius 2 is 2.21 bits per heavy atom. The Balaban J connectivity index is 2.20. The summed E-state index contributed by atoms with van der Waals surface area (Å²) in [5, 5.41) is 10.4. The fourth-order valence-corrected chi connectivity index (χ4v) is 3.73. The van der Waals surface area contributed by atoms with Gasteiger partial charge in [0.15, 0.2) is 0 Å². The molecule has 1 unspecified atom stereocenters. The molecule has 0 saturated carbocycles. The molecule has 2 heterocycles. The fourth-order valence-electron chi connectivity index (χ4n) is 2.31. The van der Waals surface area contributed by atoms with Crippen molar-refractivity contribution >= 4 is 33.9 Å². The van der Waals surface area contributed by atoms with Gasteiger partial charge in [-0.1, -0.05) is 6.92 Å². The first-order valence-corrected chi connectivity index (χ1v) is 8.60. The summed E-state index contributed by atoms with van der Waals surface area (Å²) < 4.78 is 3.45. The van der Waals surface area contributed by atoms with Crippen molar-refractivity contribution in [2.75, 3.05) is 6.54 Å². The number of hydrogen-bond donors (Lipinski definition) is 1. The molecule has 0 spiro atoms. The summed E-state index contributed by atoms with van der Waals surface area (Å²) in [6.07, 6.45) is 0.995. The molecule has 0 saturated heterocycles. The Labute approximate surface area is 132 Å². The summed E-state index contributed by atoms with van der Waals surface area (Å²) in [7, 11) is 0. The minimum absolute atomic E-state index is 0.381. The van der Waals surface area contributed by atoms with E-state index in [1.165, 1.54) is 14.1 Å². The number of rotatable bonds is 6. The Morgan fingerprint density at radius 1 is 1.42 bits per heavy atom. The van der Waals surface area contributed by atoms with Gasteiger partial charge in [-0.2, -0.15) is 5.10 Å². The van der Waals surface area contributed by atoms with Crippen LogP contribution < -0.4 is 5.32 Å². The number of aryl methyl sites for hydroxylation is 2. The van der Waals surface area contributed by atoms with Crippen molar-refractivity contribution in [2.24, 2.45) is 0 Å². The lowest BCUT2D eigenvalue weighted by Crippen LogP contribution is -2.23. The summed E-state index contributed by atoms with van der Waals surface area (Å²) in [6.45, 7) is 8.28. The molecule has 19 heavy (non-hydrogen) atoms. The normalized spacial score (nSPS) is 12.8. The molecule has 0 aliphatic heterocycles. The van der Waals surface area contributed by atoms with Crippen molar-refractivity contribution in [1.82, 2.24) is 15.1 Å². The molecule has 0 radical (unpaired) electrons. The SMILES string of the molecule is CCNC(Cc1cc(C)nn1CC)c1csc(I)c1. The van der Waals surface area contributed by atoms with Gasteiger partial charge in [0.1, 0.15) is 0 Å². The van der Waals surface area contributed by atoms with Gasteiger partial charge >= 0.3 is 0 Å². The van der Waals surface area contributed by atoms with Crippen LogP contribution in [-0.4, -0.2) is 16.3 Å². The van der Waals surface area contributed by atoms with E-state index in [4.69, 9.17) is 0 Å². The second-order valence-corrected chi connectivity index (χ2v) is 7.40. The average Bonchev–Trinajstić information content (AvgIpc) is 2.95. The van der Waals surface area contributed by atoms with Crippen molar-refractivity contribution in [3.63, 3.8) is 0 Å². The molecule has 2 aromatic rings. The third-order valence-corrected chi connectivity index (χ3v) is 4.95. The zero-order valence-corrected chi connectivity index (χ0v) is 14.6. The zero-order chi connectivity index (χ0) is 13.8. The van der Waals surface area contributed by atoms with E-state index >= 15 is 0 Å². The van der Waals surface area contributed by atoms with Crippen LogP contribution >= 0.6 is 33.9 Å². The quantitative estimate of drug-likeness (QED) is 0.763. The summed E-state index contributed by atoms with van der Waals surface area (Å²) in [5.41, 5.74) is 3.80. The Morgan fingerprint density at radius 3 is 2.79 bits per heavy atom. The van der Waals surface area contributed by atoms with E-state index in [0.717, 1.165) is 25.2 Å².